The van der Waals surface area contributed by atoms with Gasteiger partial charge in [-0.25, -0.2) is 4.79 Å². The smallest absolute Gasteiger partial charge is 0.339 e. The minimum atomic E-state index is -0.545. The first kappa shape index (κ1) is 14.8. The van der Waals surface area contributed by atoms with Crippen LogP contribution in [0.15, 0.2) is 18.2 Å². The normalized spacial score (nSPS) is 9.94. The molecule has 1 N–H and O–H groups in total. The van der Waals surface area contributed by atoms with E-state index in [1.54, 1.807) is 6.07 Å². The number of carbonyl (C=O) groups excluding carboxylic acids is 2. The fourth-order valence-corrected chi connectivity index (χ4v) is 1.65. The van der Waals surface area contributed by atoms with E-state index in [-0.39, 0.29) is 16.5 Å². The molecule has 0 bridgehead atoms. The quantitative estimate of drug-likeness (QED) is 0.669. The van der Waals surface area contributed by atoms with E-state index >= 15 is 0 Å². The number of alkyl halides is 1. The second-order valence-electron chi connectivity index (χ2n) is 3.53. The molecule has 0 aliphatic heterocycles. The van der Waals surface area contributed by atoms with Gasteiger partial charge in [0.15, 0.2) is 0 Å². The van der Waals surface area contributed by atoms with Crippen molar-refractivity contribution in [1.29, 1.82) is 0 Å². The van der Waals surface area contributed by atoms with Crippen LogP contribution in [0.3, 0.4) is 0 Å². The minimum absolute atomic E-state index is 0.159. The van der Waals surface area contributed by atoms with Crippen molar-refractivity contribution in [3.63, 3.8) is 0 Å². The van der Waals surface area contributed by atoms with E-state index in [9.17, 15) is 9.59 Å². The highest BCUT2D eigenvalue weighted by atomic mass is 35.5. The van der Waals surface area contributed by atoms with Crippen molar-refractivity contribution >= 4 is 40.8 Å². The highest BCUT2D eigenvalue weighted by molar-refractivity contribution is 6.33. The van der Waals surface area contributed by atoms with E-state index in [4.69, 9.17) is 23.2 Å². The molecule has 0 aromatic heterocycles. The Bertz CT molecular complexity index is 449. The van der Waals surface area contributed by atoms with Crippen molar-refractivity contribution in [3.8, 4) is 0 Å². The molecule has 1 aromatic rings. The molecule has 1 rings (SSSR count). The van der Waals surface area contributed by atoms with Crippen molar-refractivity contribution in [2.45, 2.75) is 12.8 Å². The molecule has 0 aliphatic rings. The molecule has 1 aromatic carbocycles. The number of hydrogen-bond donors (Lipinski definition) is 1. The summed E-state index contributed by atoms with van der Waals surface area (Å²) in [6.07, 6.45) is 0.935. The Kier molecular flexibility index (Phi) is 5.95. The number of ether oxygens (including phenoxy) is 1. The van der Waals surface area contributed by atoms with Gasteiger partial charge < -0.3 is 10.1 Å². The Labute approximate surface area is 115 Å². The van der Waals surface area contributed by atoms with Gasteiger partial charge in [0.1, 0.15) is 0 Å². The number of anilines is 1. The maximum absolute atomic E-state index is 11.5. The van der Waals surface area contributed by atoms with Crippen LogP contribution >= 0.6 is 23.2 Å². The minimum Gasteiger partial charge on any atom is -0.465 e. The molecule has 6 heteroatoms. The van der Waals surface area contributed by atoms with E-state index in [0.29, 0.717) is 24.4 Å². The van der Waals surface area contributed by atoms with E-state index in [1.807, 2.05) is 0 Å². The molecule has 0 spiro atoms. The van der Waals surface area contributed by atoms with Crippen LogP contribution in [0.2, 0.25) is 5.02 Å². The maximum Gasteiger partial charge on any atom is 0.339 e. The largest absolute Gasteiger partial charge is 0.465 e. The van der Waals surface area contributed by atoms with Gasteiger partial charge in [0, 0.05) is 18.0 Å². The summed E-state index contributed by atoms with van der Waals surface area (Å²) in [5.41, 5.74) is 0.716. The lowest BCUT2D eigenvalue weighted by Gasteiger charge is -2.07. The summed E-state index contributed by atoms with van der Waals surface area (Å²) in [6.45, 7) is 0. The summed E-state index contributed by atoms with van der Waals surface area (Å²) in [7, 11) is 1.27. The number of benzene rings is 1. The molecule has 0 aliphatic carbocycles. The monoisotopic (exact) mass is 289 g/mol. The van der Waals surface area contributed by atoms with Gasteiger partial charge in [-0.15, -0.1) is 11.6 Å². The Balaban J connectivity index is 2.79. The number of methoxy groups -OCH3 is 1. The second kappa shape index (κ2) is 7.24. The molecule has 0 unspecified atom stereocenters. The standard InChI is InChI=1S/C12H13Cl2NO3/c1-18-12(17)9-7-8(4-5-10(9)14)15-11(16)3-2-6-13/h4-5,7H,2-3,6H2,1H3,(H,15,16). The molecular formula is C12H13Cl2NO3. The highest BCUT2D eigenvalue weighted by Crippen LogP contribution is 2.21. The summed E-state index contributed by atoms with van der Waals surface area (Å²) in [6, 6.07) is 4.63. The topological polar surface area (TPSA) is 55.4 Å². The lowest BCUT2D eigenvalue weighted by molar-refractivity contribution is -0.116. The van der Waals surface area contributed by atoms with Crippen LogP contribution in [-0.2, 0) is 9.53 Å². The van der Waals surface area contributed by atoms with Crippen LogP contribution in [0.4, 0.5) is 5.69 Å². The van der Waals surface area contributed by atoms with Crippen LogP contribution < -0.4 is 5.32 Å². The molecule has 0 saturated carbocycles. The van der Waals surface area contributed by atoms with Gasteiger partial charge in [-0.05, 0) is 24.6 Å². The van der Waals surface area contributed by atoms with Crippen molar-refractivity contribution in [1.82, 2.24) is 0 Å². The molecule has 0 radical (unpaired) electrons. The zero-order chi connectivity index (χ0) is 13.5. The average Bonchev–Trinajstić information content (AvgIpc) is 2.37. The summed E-state index contributed by atoms with van der Waals surface area (Å²) in [5.74, 6) is -0.271. The van der Waals surface area contributed by atoms with Gasteiger partial charge >= 0.3 is 5.97 Å². The number of halogens is 2. The summed E-state index contributed by atoms with van der Waals surface area (Å²) in [5, 5.41) is 2.94. The summed E-state index contributed by atoms with van der Waals surface area (Å²) >= 11 is 11.4. The van der Waals surface area contributed by atoms with Crippen molar-refractivity contribution < 1.29 is 14.3 Å². The van der Waals surface area contributed by atoms with Crippen molar-refractivity contribution in [2.24, 2.45) is 0 Å². The van der Waals surface area contributed by atoms with Crippen LogP contribution in [0.5, 0.6) is 0 Å². The van der Waals surface area contributed by atoms with Gasteiger partial charge in [-0.2, -0.15) is 0 Å². The van der Waals surface area contributed by atoms with Gasteiger partial charge in [-0.3, -0.25) is 4.79 Å². The predicted octanol–water partition coefficient (Wildman–Crippen LogP) is 3.08. The number of nitrogens with one attached hydrogen (secondary N) is 1. The number of amides is 1. The number of rotatable bonds is 5. The summed E-state index contributed by atoms with van der Waals surface area (Å²) in [4.78, 5) is 22.9. The van der Waals surface area contributed by atoms with Crippen molar-refractivity contribution in [3.05, 3.63) is 28.8 Å². The fraction of sp³-hybridized carbons (Fsp3) is 0.333. The molecule has 0 atom stereocenters. The Hall–Kier alpha value is -1.26. The van der Waals surface area contributed by atoms with Gasteiger partial charge in [-0.1, -0.05) is 11.6 Å². The first-order valence-electron chi connectivity index (χ1n) is 5.32. The van der Waals surface area contributed by atoms with E-state index in [1.165, 1.54) is 19.2 Å². The van der Waals surface area contributed by atoms with Crippen LogP contribution in [0.1, 0.15) is 23.2 Å². The zero-order valence-corrected chi connectivity index (χ0v) is 11.3. The number of hydrogen-bond acceptors (Lipinski definition) is 3. The molecule has 0 saturated heterocycles. The number of carbonyl (C=O) groups is 2. The highest BCUT2D eigenvalue weighted by Gasteiger charge is 2.12. The number of esters is 1. The molecule has 4 nitrogen and oxygen atoms in total. The van der Waals surface area contributed by atoms with Gasteiger partial charge in [0.25, 0.3) is 0 Å². The van der Waals surface area contributed by atoms with Gasteiger partial charge in [0.2, 0.25) is 5.91 Å². The van der Waals surface area contributed by atoms with E-state index in [2.05, 4.69) is 10.1 Å². The first-order chi connectivity index (χ1) is 8.58. The zero-order valence-electron chi connectivity index (χ0n) is 9.83. The van der Waals surface area contributed by atoms with Crippen LogP contribution in [0.25, 0.3) is 0 Å². The van der Waals surface area contributed by atoms with E-state index < -0.39 is 5.97 Å². The average molecular weight is 290 g/mol. The third-order valence-electron chi connectivity index (χ3n) is 2.19. The van der Waals surface area contributed by atoms with Crippen LogP contribution in [-0.4, -0.2) is 24.9 Å². The predicted molar refractivity (Wildman–Crippen MR) is 71.4 cm³/mol. The first-order valence-corrected chi connectivity index (χ1v) is 6.23. The lowest BCUT2D eigenvalue weighted by atomic mass is 10.2. The molecule has 0 heterocycles. The Morgan fingerprint density at radius 3 is 2.72 bits per heavy atom. The van der Waals surface area contributed by atoms with Gasteiger partial charge in [0.05, 0.1) is 17.7 Å². The third kappa shape index (κ3) is 4.20. The van der Waals surface area contributed by atoms with Crippen molar-refractivity contribution in [2.75, 3.05) is 18.3 Å². The molecule has 18 heavy (non-hydrogen) atoms. The lowest BCUT2D eigenvalue weighted by Crippen LogP contribution is -2.12. The Morgan fingerprint density at radius 2 is 2.11 bits per heavy atom. The second-order valence-corrected chi connectivity index (χ2v) is 4.31. The third-order valence-corrected chi connectivity index (χ3v) is 2.79. The molecule has 98 valence electrons. The molecule has 0 fully saturated rings. The Morgan fingerprint density at radius 1 is 1.39 bits per heavy atom. The van der Waals surface area contributed by atoms with Crippen LogP contribution in [0, 0.1) is 0 Å². The summed E-state index contributed by atoms with van der Waals surface area (Å²) < 4.78 is 4.59. The maximum atomic E-state index is 11.5. The molecule has 1 amide bonds. The fourth-order valence-electron chi connectivity index (χ4n) is 1.32. The SMILES string of the molecule is COC(=O)c1cc(NC(=O)CCCCl)ccc1Cl. The molecular weight excluding hydrogens is 277 g/mol. The van der Waals surface area contributed by atoms with E-state index in [0.717, 1.165) is 0 Å².